The van der Waals surface area contributed by atoms with Gasteiger partial charge in [-0.15, -0.1) is 0 Å². The third-order valence-corrected chi connectivity index (χ3v) is 6.89. The van der Waals surface area contributed by atoms with Gasteiger partial charge in [-0.05, 0) is 12.0 Å². The van der Waals surface area contributed by atoms with Gasteiger partial charge < -0.3 is 20.3 Å². The summed E-state index contributed by atoms with van der Waals surface area (Å²) in [5, 5.41) is 4.99. The number of ether oxygens (including phenoxy) is 1. The number of rotatable bonds is 11. The van der Waals surface area contributed by atoms with Gasteiger partial charge in [-0.25, -0.2) is 8.42 Å². The maximum atomic E-state index is 12.9. The Morgan fingerprint density at radius 2 is 1.46 bits per heavy atom. The lowest BCUT2D eigenvalue weighted by atomic mass is 10.0. The molecule has 11 heteroatoms. The molecule has 3 amide bonds. The van der Waals surface area contributed by atoms with E-state index in [2.05, 4.69) is 10.6 Å². The fraction of sp³-hybridized carbons (Fsp3) is 0.429. The third kappa shape index (κ3) is 12.2. The van der Waals surface area contributed by atoms with E-state index in [0.29, 0.717) is 26.3 Å². The Morgan fingerprint density at radius 1 is 0.923 bits per heavy atom. The number of hydrogen-bond acceptors (Lipinski definition) is 7. The van der Waals surface area contributed by atoms with Gasteiger partial charge >= 0.3 is 0 Å². The molecule has 212 valence electrons. The zero-order valence-electron chi connectivity index (χ0n) is 22.4. The fourth-order valence-corrected chi connectivity index (χ4v) is 4.80. The highest BCUT2D eigenvalue weighted by Gasteiger charge is 2.32. The molecular weight excluding hydrogens is 522 g/mol. The van der Waals surface area contributed by atoms with Crippen LogP contribution in [0.25, 0.3) is 0 Å². The number of amides is 3. The second kappa shape index (κ2) is 16.4. The fourth-order valence-electron chi connectivity index (χ4n) is 3.80. The van der Waals surface area contributed by atoms with E-state index in [1.54, 1.807) is 31.2 Å². The minimum atomic E-state index is -3.58. The molecule has 1 unspecified atom stereocenters. The monoisotopic (exact) mass is 559 g/mol. The number of ketones is 1. The van der Waals surface area contributed by atoms with Gasteiger partial charge in [-0.1, -0.05) is 73.7 Å². The molecule has 1 fully saturated rings. The Bertz CT molecular complexity index is 1140. The third-order valence-electron chi connectivity index (χ3n) is 5.89. The average Bonchev–Trinajstić information content (AvgIpc) is 2.95. The van der Waals surface area contributed by atoms with Crippen LogP contribution in [-0.2, 0) is 40.3 Å². The number of carbonyl (C=O) groups excluding carboxylic acids is 4. The van der Waals surface area contributed by atoms with E-state index in [9.17, 15) is 27.6 Å². The second-order valence-electron chi connectivity index (χ2n) is 9.14. The van der Waals surface area contributed by atoms with Gasteiger partial charge in [0.25, 0.3) is 5.91 Å². The summed E-state index contributed by atoms with van der Waals surface area (Å²) < 4.78 is 28.9. The molecule has 0 saturated carbocycles. The van der Waals surface area contributed by atoms with E-state index in [1.165, 1.54) is 4.90 Å². The van der Waals surface area contributed by atoms with Crippen molar-refractivity contribution in [2.45, 2.75) is 32.4 Å². The maximum Gasteiger partial charge on any atom is 0.289 e. The molecule has 2 aromatic rings. The molecule has 1 saturated heterocycles. The first-order valence-electron chi connectivity index (χ1n) is 12.8. The molecule has 2 N–H and O–H groups in total. The summed E-state index contributed by atoms with van der Waals surface area (Å²) in [6.07, 6.45) is 0.794. The zero-order valence-corrected chi connectivity index (χ0v) is 23.2. The molecule has 0 spiro atoms. The molecule has 1 aliphatic heterocycles. The second-order valence-corrected chi connectivity index (χ2v) is 11.3. The van der Waals surface area contributed by atoms with Crippen LogP contribution in [0.1, 0.15) is 25.3 Å². The van der Waals surface area contributed by atoms with Crippen LogP contribution < -0.4 is 10.6 Å². The summed E-state index contributed by atoms with van der Waals surface area (Å²) in [6, 6.07) is 19.9. The normalized spacial score (nSPS) is 14.7. The Labute approximate surface area is 230 Å². The molecule has 0 bridgehead atoms. The van der Waals surface area contributed by atoms with Crippen molar-refractivity contribution >= 4 is 33.3 Å². The zero-order chi connectivity index (χ0) is 28.7. The summed E-state index contributed by atoms with van der Waals surface area (Å²) in [6.45, 7) is 3.25. The van der Waals surface area contributed by atoms with Gasteiger partial charge in [-0.2, -0.15) is 0 Å². The van der Waals surface area contributed by atoms with Crippen molar-refractivity contribution < 1.29 is 32.3 Å². The van der Waals surface area contributed by atoms with Crippen molar-refractivity contribution in [1.29, 1.82) is 0 Å². The summed E-state index contributed by atoms with van der Waals surface area (Å²) in [5.41, 5.74) is 0.811. The van der Waals surface area contributed by atoms with Crippen molar-refractivity contribution in [1.82, 2.24) is 15.5 Å². The molecule has 1 heterocycles. The van der Waals surface area contributed by atoms with Gasteiger partial charge in [0.05, 0.1) is 30.9 Å². The molecule has 2 atom stereocenters. The SMILES string of the molecule is CC[C@H](NC(=O)C(CC(=O)N1CCOCC1)CS(C)(=O)=O)C(=O)C(=O)NCc1ccccc1.c1ccccc1. The quantitative estimate of drug-likeness (QED) is 0.397. The molecule has 0 radical (unpaired) electrons. The van der Waals surface area contributed by atoms with Crippen LogP contribution in [0.4, 0.5) is 0 Å². The van der Waals surface area contributed by atoms with E-state index in [-0.39, 0.29) is 25.3 Å². The van der Waals surface area contributed by atoms with Crippen molar-refractivity contribution in [3.8, 4) is 0 Å². The number of benzene rings is 2. The highest BCUT2D eigenvalue weighted by atomic mass is 32.2. The topological polar surface area (TPSA) is 139 Å². The lowest BCUT2D eigenvalue weighted by molar-refractivity contribution is -0.141. The summed E-state index contributed by atoms with van der Waals surface area (Å²) in [5.74, 6) is -4.51. The van der Waals surface area contributed by atoms with Gasteiger partial charge in [0.15, 0.2) is 0 Å². The van der Waals surface area contributed by atoms with Gasteiger partial charge in [0.1, 0.15) is 9.84 Å². The van der Waals surface area contributed by atoms with Crippen LogP contribution in [0.15, 0.2) is 66.7 Å². The van der Waals surface area contributed by atoms with E-state index in [1.807, 2.05) is 42.5 Å². The van der Waals surface area contributed by atoms with Gasteiger partial charge in [-0.3, -0.25) is 19.2 Å². The van der Waals surface area contributed by atoms with Crippen molar-refractivity contribution in [3.05, 3.63) is 72.3 Å². The van der Waals surface area contributed by atoms with E-state index < -0.39 is 45.1 Å². The number of carbonyl (C=O) groups is 4. The van der Waals surface area contributed by atoms with E-state index >= 15 is 0 Å². The smallest absolute Gasteiger partial charge is 0.289 e. The van der Waals surface area contributed by atoms with Crippen LogP contribution in [0.3, 0.4) is 0 Å². The summed E-state index contributed by atoms with van der Waals surface area (Å²) >= 11 is 0. The van der Waals surface area contributed by atoms with Crippen LogP contribution in [0, 0.1) is 5.92 Å². The van der Waals surface area contributed by atoms with Crippen LogP contribution in [-0.4, -0.2) is 81.2 Å². The number of nitrogens with one attached hydrogen (secondary N) is 2. The average molecular weight is 560 g/mol. The predicted octanol–water partition coefficient (Wildman–Crippen LogP) is 1.36. The minimum absolute atomic E-state index is 0.131. The number of hydrogen-bond donors (Lipinski definition) is 2. The van der Waals surface area contributed by atoms with Crippen LogP contribution >= 0.6 is 0 Å². The Balaban J connectivity index is 0.000000780. The highest BCUT2D eigenvalue weighted by molar-refractivity contribution is 7.90. The standard InChI is InChI=1S/C22H31N3O7S.C6H6/c1-3-18(20(27)22(29)23-14-16-7-5-4-6-8-16)24-21(28)17(15-33(2,30)31)13-19(26)25-9-11-32-12-10-25;1-2-4-6-5-3-1/h4-8,17-18H,3,9-15H2,1-2H3,(H,23,29)(H,24,28);1-6H/t17?,18-;/m0./s1. The van der Waals surface area contributed by atoms with E-state index in [4.69, 9.17) is 4.74 Å². The molecule has 10 nitrogen and oxygen atoms in total. The molecule has 0 aliphatic carbocycles. The number of Topliss-reactive ketones (excluding diaryl/α,β-unsaturated/α-hetero) is 1. The molecule has 2 aromatic carbocycles. The summed E-state index contributed by atoms with van der Waals surface area (Å²) in [7, 11) is -3.58. The van der Waals surface area contributed by atoms with Gasteiger partial charge in [0.2, 0.25) is 17.6 Å². The minimum Gasteiger partial charge on any atom is -0.378 e. The highest BCUT2D eigenvalue weighted by Crippen LogP contribution is 2.12. The lowest BCUT2D eigenvalue weighted by Crippen LogP contribution is -2.50. The largest absolute Gasteiger partial charge is 0.378 e. The van der Waals surface area contributed by atoms with Crippen LogP contribution in [0.2, 0.25) is 0 Å². The first kappa shape index (κ1) is 31.6. The first-order valence-corrected chi connectivity index (χ1v) is 14.9. The Hall–Kier alpha value is -3.57. The molecule has 1 aliphatic rings. The molecular formula is C28H37N3O7S. The van der Waals surface area contributed by atoms with Crippen molar-refractivity contribution in [2.75, 3.05) is 38.3 Å². The summed E-state index contributed by atoms with van der Waals surface area (Å²) in [4.78, 5) is 51.8. The van der Waals surface area contributed by atoms with Gasteiger partial charge in [0, 0.05) is 32.3 Å². The molecule has 39 heavy (non-hydrogen) atoms. The van der Waals surface area contributed by atoms with Crippen molar-refractivity contribution in [2.24, 2.45) is 5.92 Å². The van der Waals surface area contributed by atoms with E-state index in [0.717, 1.165) is 11.8 Å². The molecule has 0 aromatic heterocycles. The van der Waals surface area contributed by atoms with Crippen LogP contribution in [0.5, 0.6) is 0 Å². The first-order chi connectivity index (χ1) is 18.6. The Morgan fingerprint density at radius 3 is 1.97 bits per heavy atom. The number of morpholine rings is 1. The number of sulfone groups is 1. The Kier molecular flexibility index (Phi) is 13.3. The van der Waals surface area contributed by atoms with Crippen molar-refractivity contribution in [3.63, 3.8) is 0 Å². The number of nitrogens with zero attached hydrogens (tertiary/aromatic N) is 1. The predicted molar refractivity (Wildman–Crippen MR) is 147 cm³/mol. The maximum absolute atomic E-state index is 12.9. The molecule has 3 rings (SSSR count). The lowest BCUT2D eigenvalue weighted by Gasteiger charge is -2.28.